The molecule has 0 heterocycles. The summed E-state index contributed by atoms with van der Waals surface area (Å²) >= 11 is 0. The predicted octanol–water partition coefficient (Wildman–Crippen LogP) is 2.01. The van der Waals surface area contributed by atoms with E-state index in [4.69, 9.17) is 5.41 Å². The minimum Gasteiger partial charge on any atom is -0.350 e. The van der Waals surface area contributed by atoms with Gasteiger partial charge >= 0.3 is 0 Å². The second-order valence-corrected chi connectivity index (χ2v) is 8.03. The number of hydrogen-bond donors (Lipinski definition) is 4. The fraction of sp³-hybridized carbons (Fsp3) is 0.522. The lowest BCUT2D eigenvalue weighted by atomic mass is 10.0. The maximum absolute atomic E-state index is 13.1. The van der Waals surface area contributed by atoms with Crippen molar-refractivity contribution in [2.45, 2.75) is 70.5 Å². The van der Waals surface area contributed by atoms with E-state index in [1.54, 1.807) is 0 Å². The summed E-state index contributed by atoms with van der Waals surface area (Å²) in [6.07, 6.45) is 4.27. The maximum Gasteiger partial charge on any atom is 0.243 e. The van der Waals surface area contributed by atoms with Crippen molar-refractivity contribution in [3.05, 3.63) is 35.6 Å². The first kappa shape index (κ1) is 25.2. The van der Waals surface area contributed by atoms with Gasteiger partial charge in [-0.2, -0.15) is 0 Å². The average Bonchev–Trinajstić information content (AvgIpc) is 3.63. The molecule has 9 heteroatoms. The molecular weight excluding hydrogens is 415 g/mol. The minimum atomic E-state index is -1.01. The summed E-state index contributed by atoms with van der Waals surface area (Å²) in [7, 11) is 0. The van der Waals surface area contributed by atoms with Crippen molar-refractivity contribution < 1.29 is 23.6 Å². The molecule has 1 aromatic rings. The van der Waals surface area contributed by atoms with Gasteiger partial charge in [0.15, 0.2) is 5.78 Å². The highest BCUT2D eigenvalue weighted by atomic mass is 19.1. The molecule has 1 aliphatic carbocycles. The highest BCUT2D eigenvalue weighted by Gasteiger charge is 2.33. The fourth-order valence-electron chi connectivity index (χ4n) is 3.13. The Hall–Kier alpha value is -3.10. The highest BCUT2D eigenvalue weighted by molar-refractivity contribution is 6.26. The molecule has 0 saturated heterocycles. The number of benzene rings is 1. The first-order valence-electron chi connectivity index (χ1n) is 11.0. The van der Waals surface area contributed by atoms with Crippen LogP contribution in [0.1, 0.15) is 57.4 Å². The van der Waals surface area contributed by atoms with Gasteiger partial charge in [-0.1, -0.05) is 31.9 Å². The van der Waals surface area contributed by atoms with Crippen LogP contribution >= 0.6 is 0 Å². The van der Waals surface area contributed by atoms with Crippen LogP contribution < -0.4 is 16.0 Å². The van der Waals surface area contributed by atoms with Gasteiger partial charge < -0.3 is 21.4 Å². The molecule has 1 fully saturated rings. The lowest BCUT2D eigenvalue weighted by Gasteiger charge is -2.23. The van der Waals surface area contributed by atoms with Crippen LogP contribution in [0.4, 0.5) is 4.39 Å². The number of halogens is 1. The minimum absolute atomic E-state index is 0.0201. The molecule has 0 spiro atoms. The monoisotopic (exact) mass is 446 g/mol. The van der Waals surface area contributed by atoms with Crippen molar-refractivity contribution in [3.63, 3.8) is 0 Å². The van der Waals surface area contributed by atoms with E-state index in [1.165, 1.54) is 24.3 Å². The largest absolute Gasteiger partial charge is 0.350 e. The zero-order valence-electron chi connectivity index (χ0n) is 18.3. The number of hydrogen-bond acceptors (Lipinski definition) is 5. The van der Waals surface area contributed by atoms with Gasteiger partial charge in [0.25, 0.3) is 0 Å². The number of unbranched alkanes of at least 4 members (excludes halogenated alkanes) is 1. The molecule has 1 saturated carbocycles. The van der Waals surface area contributed by atoms with E-state index in [0.717, 1.165) is 25.7 Å². The van der Waals surface area contributed by atoms with Gasteiger partial charge in [0.05, 0.1) is 6.21 Å². The van der Waals surface area contributed by atoms with Crippen molar-refractivity contribution in [3.8, 4) is 0 Å². The van der Waals surface area contributed by atoms with Crippen LogP contribution in [-0.4, -0.2) is 41.8 Å². The number of amides is 3. The highest BCUT2D eigenvalue weighted by Crippen LogP contribution is 2.29. The molecule has 4 N–H and O–H groups in total. The van der Waals surface area contributed by atoms with Gasteiger partial charge in [-0.15, -0.1) is 0 Å². The Kier molecular flexibility index (Phi) is 9.97. The second-order valence-electron chi connectivity index (χ2n) is 8.03. The first-order valence-corrected chi connectivity index (χ1v) is 11.0. The second kappa shape index (κ2) is 12.7. The van der Waals surface area contributed by atoms with Gasteiger partial charge in [-0.25, -0.2) is 4.39 Å². The fourth-order valence-corrected chi connectivity index (χ4v) is 3.13. The van der Waals surface area contributed by atoms with Crippen molar-refractivity contribution in [1.82, 2.24) is 16.0 Å². The zero-order valence-corrected chi connectivity index (χ0v) is 18.3. The van der Waals surface area contributed by atoms with Crippen LogP contribution in [0.15, 0.2) is 24.3 Å². The summed E-state index contributed by atoms with van der Waals surface area (Å²) in [6, 6.07) is 3.88. The predicted molar refractivity (Wildman–Crippen MR) is 117 cm³/mol. The Morgan fingerprint density at radius 1 is 1.06 bits per heavy atom. The molecule has 0 aromatic heterocycles. The molecule has 0 bridgehead atoms. The molecule has 1 aliphatic rings. The molecule has 3 amide bonds. The quantitative estimate of drug-likeness (QED) is 0.326. The summed E-state index contributed by atoms with van der Waals surface area (Å²) in [5.41, 5.74) is 0.679. The molecule has 174 valence electrons. The lowest BCUT2D eigenvalue weighted by Crippen LogP contribution is -2.54. The van der Waals surface area contributed by atoms with Crippen LogP contribution in [0.2, 0.25) is 0 Å². The van der Waals surface area contributed by atoms with Gasteiger partial charge in [0, 0.05) is 18.9 Å². The molecule has 0 unspecified atom stereocenters. The Morgan fingerprint density at radius 2 is 1.72 bits per heavy atom. The molecule has 0 aliphatic heterocycles. The van der Waals surface area contributed by atoms with Crippen LogP contribution in [-0.2, 0) is 25.7 Å². The third-order valence-corrected chi connectivity index (χ3v) is 5.28. The van der Waals surface area contributed by atoms with Crippen molar-refractivity contribution in [1.29, 1.82) is 5.41 Å². The Morgan fingerprint density at radius 3 is 2.31 bits per heavy atom. The van der Waals surface area contributed by atoms with Crippen LogP contribution in [0.25, 0.3) is 0 Å². The summed E-state index contributed by atoms with van der Waals surface area (Å²) < 4.78 is 13.1. The molecule has 1 aromatic carbocycles. The Bertz CT molecular complexity index is 824. The molecular formula is C23H31FN4O4. The standard InChI is InChI=1S/C23H31FN4O4/c1-2-3-4-19(27-21(30)16-7-8-16)23(32)28-20(12-11-18(29)13-25)22(31)26-14-15-5-9-17(24)10-6-15/h5-6,9-10,13,16,19-20,25H,2-4,7-8,11-12,14H2,1H3,(H,26,31)(H,27,30)(H,28,32)/t19-,20-/m0/s1. The molecule has 2 rings (SSSR count). The summed E-state index contributed by atoms with van der Waals surface area (Å²) in [5.74, 6) is -2.02. The van der Waals surface area contributed by atoms with Crippen molar-refractivity contribution in [2.24, 2.45) is 5.92 Å². The van der Waals surface area contributed by atoms with Gasteiger partial charge in [-0.3, -0.25) is 19.2 Å². The van der Waals surface area contributed by atoms with E-state index in [2.05, 4.69) is 16.0 Å². The number of ketones is 1. The van der Waals surface area contributed by atoms with E-state index in [0.29, 0.717) is 18.2 Å². The smallest absolute Gasteiger partial charge is 0.243 e. The van der Waals surface area contributed by atoms with Crippen LogP contribution in [0.3, 0.4) is 0 Å². The zero-order chi connectivity index (χ0) is 23.5. The SMILES string of the molecule is CCCC[C@H](NC(=O)C1CC1)C(=O)N[C@@H](CCC(=O)C=N)C(=O)NCc1ccc(F)cc1. The third-order valence-electron chi connectivity index (χ3n) is 5.28. The van der Waals surface area contributed by atoms with E-state index in [9.17, 15) is 23.6 Å². The van der Waals surface area contributed by atoms with Crippen molar-refractivity contribution >= 4 is 29.7 Å². The Balaban J connectivity index is 2.02. The molecule has 32 heavy (non-hydrogen) atoms. The summed E-state index contributed by atoms with van der Waals surface area (Å²) in [4.78, 5) is 49.4. The topological polar surface area (TPSA) is 128 Å². The summed E-state index contributed by atoms with van der Waals surface area (Å²) in [6.45, 7) is 2.11. The van der Waals surface area contributed by atoms with Crippen molar-refractivity contribution in [2.75, 3.05) is 0 Å². The van der Waals surface area contributed by atoms with E-state index < -0.39 is 29.7 Å². The number of nitrogens with one attached hydrogen (secondary N) is 4. The average molecular weight is 447 g/mol. The normalized spacial score (nSPS) is 14.7. The third kappa shape index (κ3) is 8.56. The first-order chi connectivity index (χ1) is 15.3. The molecule has 2 atom stereocenters. The van der Waals surface area contributed by atoms with Crippen LogP contribution in [0.5, 0.6) is 0 Å². The molecule has 0 radical (unpaired) electrons. The van der Waals surface area contributed by atoms with Gasteiger partial charge in [0.2, 0.25) is 17.7 Å². The maximum atomic E-state index is 13.1. The van der Waals surface area contributed by atoms with Gasteiger partial charge in [0.1, 0.15) is 17.9 Å². The van der Waals surface area contributed by atoms with E-state index >= 15 is 0 Å². The number of rotatable bonds is 14. The summed E-state index contributed by atoms with van der Waals surface area (Å²) in [5, 5.41) is 15.2. The number of carbonyl (C=O) groups excluding carboxylic acids is 4. The van der Waals surface area contributed by atoms with E-state index in [1.807, 2.05) is 6.92 Å². The van der Waals surface area contributed by atoms with Crippen LogP contribution in [0, 0.1) is 17.1 Å². The number of Topliss-reactive ketones (excluding diaryl/α,β-unsaturated/α-hetero) is 1. The Labute approximate surface area is 187 Å². The number of carbonyl (C=O) groups is 4. The van der Waals surface area contributed by atoms with Gasteiger partial charge in [-0.05, 0) is 43.4 Å². The molecule has 8 nitrogen and oxygen atoms in total. The lowest BCUT2D eigenvalue weighted by molar-refractivity contribution is -0.132. The van der Waals surface area contributed by atoms with E-state index in [-0.39, 0.29) is 37.0 Å².